The Morgan fingerprint density at radius 1 is 1.03 bits per heavy atom. The molecule has 2 aromatic carbocycles. The molecule has 0 unspecified atom stereocenters. The molecular formula is C25H32N2O4. The van der Waals surface area contributed by atoms with Gasteiger partial charge in [0.25, 0.3) is 5.91 Å². The van der Waals surface area contributed by atoms with Crippen molar-refractivity contribution in [2.24, 2.45) is 5.41 Å². The van der Waals surface area contributed by atoms with E-state index in [1.807, 2.05) is 59.5 Å². The van der Waals surface area contributed by atoms with Gasteiger partial charge in [-0.3, -0.25) is 4.79 Å². The van der Waals surface area contributed by atoms with Crippen molar-refractivity contribution >= 4 is 11.6 Å². The molecule has 0 bridgehead atoms. The molecule has 0 spiro atoms. The lowest BCUT2D eigenvalue weighted by atomic mass is 9.78. The zero-order valence-electron chi connectivity index (χ0n) is 18.0. The number of carbonyl (C=O) groups excluding carboxylic acids is 1. The van der Waals surface area contributed by atoms with Crippen LogP contribution in [0.25, 0.3) is 0 Å². The van der Waals surface area contributed by atoms with Gasteiger partial charge >= 0.3 is 0 Å². The summed E-state index contributed by atoms with van der Waals surface area (Å²) in [5.41, 5.74) is 1.39. The fraction of sp³-hybridized carbons (Fsp3) is 0.480. The molecular weight excluding hydrogens is 392 g/mol. The maximum Gasteiger partial charge on any atom is 0.255 e. The quantitative estimate of drug-likeness (QED) is 0.740. The fourth-order valence-electron chi connectivity index (χ4n) is 4.60. The Morgan fingerprint density at radius 2 is 1.77 bits per heavy atom. The maximum absolute atomic E-state index is 13.5. The summed E-state index contributed by atoms with van der Waals surface area (Å²) in [6.07, 6.45) is 2.50. The highest BCUT2D eigenvalue weighted by Gasteiger charge is 2.37. The van der Waals surface area contributed by atoms with Crippen LogP contribution in [-0.2, 0) is 4.74 Å². The van der Waals surface area contributed by atoms with Gasteiger partial charge in [0.1, 0.15) is 5.75 Å². The van der Waals surface area contributed by atoms with Crippen molar-refractivity contribution in [3.8, 4) is 5.75 Å². The second kappa shape index (κ2) is 10.2. The average Bonchev–Trinajstić information content (AvgIpc) is 2.85. The molecule has 2 aliphatic heterocycles. The third-order valence-corrected chi connectivity index (χ3v) is 6.41. The molecule has 2 saturated heterocycles. The van der Waals surface area contributed by atoms with E-state index < -0.39 is 0 Å². The molecule has 0 saturated carbocycles. The lowest BCUT2D eigenvalue weighted by molar-refractivity contribution is 0.0156. The number of likely N-dealkylation sites (tertiary alicyclic amines) is 1. The fourth-order valence-corrected chi connectivity index (χ4v) is 4.60. The molecule has 2 heterocycles. The zero-order valence-corrected chi connectivity index (χ0v) is 18.0. The molecule has 1 amide bonds. The summed E-state index contributed by atoms with van der Waals surface area (Å²) >= 11 is 0. The summed E-state index contributed by atoms with van der Waals surface area (Å²) in [6, 6.07) is 17.6. The predicted molar refractivity (Wildman–Crippen MR) is 121 cm³/mol. The van der Waals surface area contributed by atoms with Crippen molar-refractivity contribution in [3.05, 3.63) is 60.2 Å². The Hall–Kier alpha value is -2.57. The molecule has 0 aliphatic carbocycles. The van der Waals surface area contributed by atoms with Gasteiger partial charge in [-0.15, -0.1) is 0 Å². The molecule has 6 heteroatoms. The van der Waals surface area contributed by atoms with E-state index in [9.17, 15) is 9.90 Å². The van der Waals surface area contributed by atoms with Gasteiger partial charge in [0.15, 0.2) is 0 Å². The van der Waals surface area contributed by atoms with Crippen molar-refractivity contribution in [2.75, 3.05) is 57.5 Å². The number of anilines is 1. The van der Waals surface area contributed by atoms with Crippen LogP contribution in [0, 0.1) is 5.41 Å². The number of piperidine rings is 1. The van der Waals surface area contributed by atoms with Crippen LogP contribution in [0.15, 0.2) is 54.6 Å². The molecule has 6 nitrogen and oxygen atoms in total. The number of para-hydroxylation sites is 2. The number of nitrogens with zero attached hydrogens (tertiary/aromatic N) is 2. The van der Waals surface area contributed by atoms with E-state index in [4.69, 9.17) is 9.47 Å². The second-order valence-corrected chi connectivity index (χ2v) is 8.52. The number of amides is 1. The van der Waals surface area contributed by atoms with Crippen LogP contribution in [-0.4, -0.2) is 68.5 Å². The third-order valence-electron chi connectivity index (χ3n) is 6.41. The number of aliphatic hydroxyl groups excluding tert-OH is 1. The number of ether oxygens (including phenoxy) is 2. The molecule has 166 valence electrons. The van der Waals surface area contributed by atoms with Gasteiger partial charge in [0.05, 0.1) is 32.0 Å². The molecule has 1 atom stereocenters. The Labute approximate surface area is 184 Å². The van der Waals surface area contributed by atoms with Gasteiger partial charge in [-0.05, 0) is 43.5 Å². The molecule has 31 heavy (non-hydrogen) atoms. The van der Waals surface area contributed by atoms with Crippen molar-refractivity contribution < 1.29 is 19.4 Å². The predicted octanol–water partition coefficient (Wildman–Crippen LogP) is 3.21. The second-order valence-electron chi connectivity index (χ2n) is 8.52. The van der Waals surface area contributed by atoms with Gasteiger partial charge < -0.3 is 24.4 Å². The van der Waals surface area contributed by atoms with E-state index >= 15 is 0 Å². The van der Waals surface area contributed by atoms with Crippen LogP contribution in [0.3, 0.4) is 0 Å². The van der Waals surface area contributed by atoms with Gasteiger partial charge in [-0.25, -0.2) is 0 Å². The van der Waals surface area contributed by atoms with Crippen LogP contribution in [0.5, 0.6) is 5.75 Å². The highest BCUT2D eigenvalue weighted by Crippen LogP contribution is 2.35. The van der Waals surface area contributed by atoms with E-state index in [-0.39, 0.29) is 17.9 Å². The largest absolute Gasteiger partial charge is 0.494 e. The SMILES string of the molecule is O=C(c1ccccc1N1CCOCC1)N1CCC[C@@](CO)(CCOc2ccccc2)C1. The first-order valence-corrected chi connectivity index (χ1v) is 11.2. The molecule has 2 fully saturated rings. The number of hydrogen-bond donors (Lipinski definition) is 1. The molecule has 0 radical (unpaired) electrons. The minimum absolute atomic E-state index is 0.0450. The smallest absolute Gasteiger partial charge is 0.255 e. The Morgan fingerprint density at radius 3 is 2.55 bits per heavy atom. The summed E-state index contributed by atoms with van der Waals surface area (Å²) in [5, 5.41) is 10.3. The number of aliphatic hydroxyl groups is 1. The van der Waals surface area contributed by atoms with Crippen LogP contribution in [0.1, 0.15) is 29.6 Å². The number of hydrogen-bond acceptors (Lipinski definition) is 5. The van der Waals surface area contributed by atoms with Crippen LogP contribution in [0.2, 0.25) is 0 Å². The van der Waals surface area contributed by atoms with Crippen molar-refractivity contribution in [2.45, 2.75) is 19.3 Å². The van der Waals surface area contributed by atoms with Gasteiger partial charge in [-0.2, -0.15) is 0 Å². The summed E-state index contributed by atoms with van der Waals surface area (Å²) in [7, 11) is 0. The number of carbonyl (C=O) groups is 1. The summed E-state index contributed by atoms with van der Waals surface area (Å²) < 4.78 is 11.4. The van der Waals surface area contributed by atoms with E-state index in [1.54, 1.807) is 0 Å². The molecule has 1 N–H and O–H groups in total. The van der Waals surface area contributed by atoms with Gasteiger partial charge in [-0.1, -0.05) is 30.3 Å². The normalized spacial score (nSPS) is 21.7. The highest BCUT2D eigenvalue weighted by atomic mass is 16.5. The van der Waals surface area contributed by atoms with Crippen molar-refractivity contribution in [3.63, 3.8) is 0 Å². The lowest BCUT2D eigenvalue weighted by Crippen LogP contribution is -2.49. The van der Waals surface area contributed by atoms with E-state index in [1.165, 1.54) is 0 Å². The molecule has 2 aromatic rings. The monoisotopic (exact) mass is 424 g/mol. The van der Waals surface area contributed by atoms with E-state index in [0.29, 0.717) is 32.8 Å². The van der Waals surface area contributed by atoms with Crippen LogP contribution < -0.4 is 9.64 Å². The first-order chi connectivity index (χ1) is 15.2. The lowest BCUT2D eigenvalue weighted by Gasteiger charge is -2.42. The Balaban J connectivity index is 1.44. The van der Waals surface area contributed by atoms with Crippen LogP contribution >= 0.6 is 0 Å². The minimum atomic E-state index is -0.323. The zero-order chi connectivity index (χ0) is 21.5. The van der Waals surface area contributed by atoms with E-state index in [0.717, 1.165) is 49.5 Å². The molecule has 4 rings (SSSR count). The topological polar surface area (TPSA) is 62.2 Å². The molecule has 2 aliphatic rings. The summed E-state index contributed by atoms with van der Waals surface area (Å²) in [6.45, 7) is 4.80. The average molecular weight is 425 g/mol. The number of benzene rings is 2. The highest BCUT2D eigenvalue weighted by molar-refractivity contribution is 6.00. The number of rotatable bonds is 7. The number of morpholine rings is 1. The third kappa shape index (κ3) is 5.20. The van der Waals surface area contributed by atoms with Gasteiger partial charge in [0.2, 0.25) is 0 Å². The first kappa shape index (κ1) is 21.7. The van der Waals surface area contributed by atoms with Crippen molar-refractivity contribution in [1.82, 2.24) is 4.90 Å². The summed E-state index contributed by atoms with van der Waals surface area (Å²) in [5.74, 6) is 0.877. The van der Waals surface area contributed by atoms with Crippen molar-refractivity contribution in [1.29, 1.82) is 0 Å². The molecule has 0 aromatic heterocycles. The van der Waals surface area contributed by atoms with E-state index in [2.05, 4.69) is 4.90 Å². The minimum Gasteiger partial charge on any atom is -0.494 e. The Kier molecular flexibility index (Phi) is 7.10. The summed E-state index contributed by atoms with van der Waals surface area (Å²) in [4.78, 5) is 17.7. The van der Waals surface area contributed by atoms with Gasteiger partial charge in [0, 0.05) is 37.3 Å². The first-order valence-electron chi connectivity index (χ1n) is 11.2. The van der Waals surface area contributed by atoms with Crippen LogP contribution in [0.4, 0.5) is 5.69 Å². The standard InChI is InChI=1S/C25H32N2O4/c28-20-25(12-16-31-21-7-2-1-3-8-21)11-6-13-27(19-25)24(29)22-9-4-5-10-23(22)26-14-17-30-18-15-26/h1-5,7-10,28H,6,11-20H2/t25-/m1/s1. The Bertz CT molecular complexity index is 854. The maximum atomic E-state index is 13.5.